The smallest absolute Gasteiger partial charge is 0.311 e. The molecule has 0 saturated heterocycles. The first-order valence-corrected chi connectivity index (χ1v) is 9.55. The van der Waals surface area contributed by atoms with Gasteiger partial charge in [0.2, 0.25) is 5.91 Å². The number of rotatable bonds is 8. The molecule has 156 valence electrons. The number of aromatic hydroxyl groups is 1. The molecule has 0 aliphatic carbocycles. The van der Waals surface area contributed by atoms with Crippen LogP contribution in [0.3, 0.4) is 0 Å². The zero-order valence-electron chi connectivity index (χ0n) is 17.4. The van der Waals surface area contributed by atoms with Crippen LogP contribution >= 0.6 is 0 Å². The third-order valence-corrected chi connectivity index (χ3v) is 4.33. The second-order valence-corrected chi connectivity index (χ2v) is 7.99. The number of hydrogen-bond donors (Lipinski definition) is 2. The van der Waals surface area contributed by atoms with Crippen molar-refractivity contribution in [3.8, 4) is 11.5 Å². The average molecular weight is 399 g/mol. The van der Waals surface area contributed by atoms with Crippen LogP contribution in [-0.4, -0.2) is 36.7 Å². The largest absolute Gasteiger partial charge is 0.504 e. The Morgan fingerprint density at radius 2 is 1.76 bits per heavy atom. The maximum atomic E-state index is 12.6. The highest BCUT2D eigenvalue weighted by Gasteiger charge is 2.25. The summed E-state index contributed by atoms with van der Waals surface area (Å²) in [6, 6.07) is 14.2. The number of benzene rings is 2. The normalized spacial score (nSPS) is 12.1. The zero-order valence-corrected chi connectivity index (χ0v) is 17.4. The van der Waals surface area contributed by atoms with E-state index in [1.54, 1.807) is 32.9 Å². The van der Waals surface area contributed by atoms with Crippen molar-refractivity contribution in [1.29, 1.82) is 0 Å². The number of ether oxygens (including phenoxy) is 2. The Morgan fingerprint density at radius 1 is 1.07 bits per heavy atom. The highest BCUT2D eigenvalue weighted by molar-refractivity contribution is 5.79. The topological polar surface area (TPSA) is 84.9 Å². The molecule has 29 heavy (non-hydrogen) atoms. The first-order chi connectivity index (χ1) is 13.7. The summed E-state index contributed by atoms with van der Waals surface area (Å²) in [5.74, 6) is -0.179. The fourth-order valence-corrected chi connectivity index (χ4v) is 2.74. The van der Waals surface area contributed by atoms with Crippen LogP contribution in [0.15, 0.2) is 48.5 Å². The Hall–Kier alpha value is -3.02. The molecule has 6 nitrogen and oxygen atoms in total. The number of methoxy groups -OCH3 is 1. The van der Waals surface area contributed by atoms with Gasteiger partial charge in [-0.05, 0) is 50.5 Å². The maximum absolute atomic E-state index is 12.6. The number of phenolic OH excluding ortho intramolecular Hbond substituents is 1. The van der Waals surface area contributed by atoms with Crippen molar-refractivity contribution in [2.45, 2.75) is 39.7 Å². The summed E-state index contributed by atoms with van der Waals surface area (Å²) in [4.78, 5) is 24.7. The molecular formula is C23H29NO5. The lowest BCUT2D eigenvalue weighted by Gasteiger charge is -2.22. The minimum absolute atomic E-state index is 0.0210. The summed E-state index contributed by atoms with van der Waals surface area (Å²) in [5.41, 5.74) is 1.14. The number of esters is 1. The Balaban J connectivity index is 2.05. The third-order valence-electron chi connectivity index (χ3n) is 4.33. The molecule has 2 rings (SSSR count). The predicted molar refractivity (Wildman–Crippen MR) is 111 cm³/mol. The lowest BCUT2D eigenvalue weighted by molar-refractivity contribution is -0.154. The van der Waals surface area contributed by atoms with E-state index in [2.05, 4.69) is 5.32 Å². The summed E-state index contributed by atoms with van der Waals surface area (Å²) >= 11 is 0. The standard InChI is InChI=1S/C23H29NO5/c1-23(2,3)22(27)29-15-18(12-16-8-6-5-7-9-16)24-21(26)14-17-10-11-19(25)20(13-17)28-4/h5-11,13,18,25H,12,14-15H2,1-4H3,(H,24,26)/t18-/m0/s1. The van der Waals surface area contributed by atoms with E-state index < -0.39 is 5.41 Å². The van der Waals surface area contributed by atoms with E-state index in [0.29, 0.717) is 17.7 Å². The van der Waals surface area contributed by atoms with Crippen molar-refractivity contribution < 1.29 is 24.2 Å². The zero-order chi connectivity index (χ0) is 21.4. The van der Waals surface area contributed by atoms with Gasteiger partial charge in [0, 0.05) is 0 Å². The van der Waals surface area contributed by atoms with Gasteiger partial charge in [-0.15, -0.1) is 0 Å². The van der Waals surface area contributed by atoms with Crippen LogP contribution < -0.4 is 10.1 Å². The lowest BCUT2D eigenvalue weighted by Crippen LogP contribution is -2.42. The molecule has 2 aromatic rings. The van der Waals surface area contributed by atoms with Crippen molar-refractivity contribution in [2.24, 2.45) is 5.41 Å². The van der Waals surface area contributed by atoms with E-state index in [-0.39, 0.29) is 36.7 Å². The summed E-state index contributed by atoms with van der Waals surface area (Å²) in [6.07, 6.45) is 0.665. The second-order valence-electron chi connectivity index (χ2n) is 7.99. The van der Waals surface area contributed by atoms with Crippen LogP contribution in [0.25, 0.3) is 0 Å². The first-order valence-electron chi connectivity index (χ1n) is 9.55. The van der Waals surface area contributed by atoms with Gasteiger partial charge >= 0.3 is 5.97 Å². The van der Waals surface area contributed by atoms with Crippen LogP contribution in [0.2, 0.25) is 0 Å². The molecule has 0 spiro atoms. The third kappa shape index (κ3) is 7.14. The highest BCUT2D eigenvalue weighted by atomic mass is 16.5. The van der Waals surface area contributed by atoms with Crippen molar-refractivity contribution >= 4 is 11.9 Å². The maximum Gasteiger partial charge on any atom is 0.311 e. The summed E-state index contributed by atoms with van der Waals surface area (Å²) < 4.78 is 10.5. The molecule has 2 N–H and O–H groups in total. The summed E-state index contributed by atoms with van der Waals surface area (Å²) in [6.45, 7) is 5.46. The van der Waals surface area contributed by atoms with E-state index >= 15 is 0 Å². The Kier molecular flexibility index (Phi) is 7.65. The van der Waals surface area contributed by atoms with Gasteiger partial charge in [0.05, 0.1) is 25.0 Å². The molecule has 0 aliphatic heterocycles. The van der Waals surface area contributed by atoms with E-state index in [9.17, 15) is 14.7 Å². The van der Waals surface area contributed by atoms with Crippen LogP contribution in [0.4, 0.5) is 0 Å². The van der Waals surface area contributed by atoms with Crippen molar-refractivity contribution in [3.63, 3.8) is 0 Å². The number of hydrogen-bond acceptors (Lipinski definition) is 5. The molecule has 0 radical (unpaired) electrons. The molecule has 0 heterocycles. The van der Waals surface area contributed by atoms with E-state index in [0.717, 1.165) is 5.56 Å². The molecule has 0 bridgehead atoms. The van der Waals surface area contributed by atoms with Crippen LogP contribution in [0.1, 0.15) is 31.9 Å². The Morgan fingerprint density at radius 3 is 2.38 bits per heavy atom. The second kappa shape index (κ2) is 9.96. The number of nitrogens with one attached hydrogen (secondary N) is 1. The molecule has 0 aliphatic rings. The summed E-state index contributed by atoms with van der Waals surface area (Å²) in [5, 5.41) is 12.6. The predicted octanol–water partition coefficient (Wildman–Crippen LogP) is 3.26. The van der Waals surface area contributed by atoms with Gasteiger partial charge in [0.25, 0.3) is 0 Å². The molecule has 2 aromatic carbocycles. The minimum atomic E-state index is -0.607. The number of carbonyl (C=O) groups excluding carboxylic acids is 2. The van der Waals surface area contributed by atoms with Crippen molar-refractivity contribution in [1.82, 2.24) is 5.32 Å². The molecule has 0 aromatic heterocycles. The Bertz CT molecular complexity index is 827. The molecule has 1 atom stereocenters. The SMILES string of the molecule is COc1cc(CC(=O)N[C@H](COC(=O)C(C)(C)C)Cc2ccccc2)ccc1O. The molecular weight excluding hydrogens is 370 g/mol. The van der Waals surface area contributed by atoms with Crippen LogP contribution in [0, 0.1) is 5.41 Å². The number of amides is 1. The van der Waals surface area contributed by atoms with Crippen molar-refractivity contribution in [2.75, 3.05) is 13.7 Å². The number of carbonyl (C=O) groups is 2. The van der Waals surface area contributed by atoms with E-state index in [1.165, 1.54) is 13.2 Å². The average Bonchev–Trinajstić information content (AvgIpc) is 2.67. The van der Waals surface area contributed by atoms with Gasteiger partial charge in [0.15, 0.2) is 11.5 Å². The van der Waals surface area contributed by atoms with Crippen LogP contribution in [-0.2, 0) is 27.2 Å². The van der Waals surface area contributed by atoms with Gasteiger partial charge in [-0.3, -0.25) is 9.59 Å². The van der Waals surface area contributed by atoms with Gasteiger partial charge in [-0.25, -0.2) is 0 Å². The molecule has 1 amide bonds. The Labute approximate surface area is 171 Å². The first kappa shape index (κ1) is 22.3. The van der Waals surface area contributed by atoms with Gasteiger partial charge in [-0.1, -0.05) is 36.4 Å². The van der Waals surface area contributed by atoms with Gasteiger partial charge < -0.3 is 19.9 Å². The fourth-order valence-electron chi connectivity index (χ4n) is 2.74. The van der Waals surface area contributed by atoms with Gasteiger partial charge in [0.1, 0.15) is 6.61 Å². The van der Waals surface area contributed by atoms with Gasteiger partial charge in [-0.2, -0.15) is 0 Å². The van der Waals surface area contributed by atoms with Crippen molar-refractivity contribution in [3.05, 3.63) is 59.7 Å². The number of phenols is 1. The molecule has 6 heteroatoms. The summed E-state index contributed by atoms with van der Waals surface area (Å²) in [7, 11) is 1.46. The minimum Gasteiger partial charge on any atom is -0.504 e. The highest BCUT2D eigenvalue weighted by Crippen LogP contribution is 2.26. The molecule has 0 unspecified atom stereocenters. The van der Waals surface area contributed by atoms with E-state index in [1.807, 2.05) is 30.3 Å². The van der Waals surface area contributed by atoms with Crippen LogP contribution in [0.5, 0.6) is 11.5 Å². The van der Waals surface area contributed by atoms with E-state index in [4.69, 9.17) is 9.47 Å². The fraction of sp³-hybridized carbons (Fsp3) is 0.391. The molecule has 0 saturated carbocycles. The quantitative estimate of drug-likeness (QED) is 0.666. The molecule has 0 fully saturated rings. The lowest BCUT2D eigenvalue weighted by atomic mass is 9.97. The monoisotopic (exact) mass is 399 g/mol.